The van der Waals surface area contributed by atoms with Gasteiger partial charge < -0.3 is 24.7 Å². The van der Waals surface area contributed by atoms with Crippen LogP contribution in [0.3, 0.4) is 0 Å². The van der Waals surface area contributed by atoms with Crippen LogP contribution in [0.25, 0.3) is 33.3 Å². The zero-order valence-corrected chi connectivity index (χ0v) is 42.8. The van der Waals surface area contributed by atoms with E-state index in [1.54, 1.807) is 0 Å². The highest BCUT2D eigenvalue weighted by Crippen LogP contribution is 2.43. The van der Waals surface area contributed by atoms with Gasteiger partial charge in [0.25, 0.3) is 0 Å². The van der Waals surface area contributed by atoms with Gasteiger partial charge in [0.2, 0.25) is 0 Å². The molecule has 7 nitrogen and oxygen atoms in total. The number of hydrogen-bond acceptors (Lipinski definition) is 6. The summed E-state index contributed by atoms with van der Waals surface area (Å²) in [6, 6.07) is 18.6. The van der Waals surface area contributed by atoms with E-state index in [1.165, 1.54) is 87.8 Å². The molecule has 2 atom stereocenters. The van der Waals surface area contributed by atoms with Crippen molar-refractivity contribution in [2.45, 2.75) is 144 Å². The van der Waals surface area contributed by atoms with E-state index in [0.717, 1.165) is 81.1 Å². The van der Waals surface area contributed by atoms with Gasteiger partial charge in [0.1, 0.15) is 0 Å². The number of rotatable bonds is 23. The first-order chi connectivity index (χ1) is 31.4. The van der Waals surface area contributed by atoms with E-state index in [0.29, 0.717) is 17.8 Å². The summed E-state index contributed by atoms with van der Waals surface area (Å²) in [7, 11) is 4.35. The van der Waals surface area contributed by atoms with E-state index in [2.05, 4.69) is 174 Å². The van der Waals surface area contributed by atoms with Gasteiger partial charge in [-0.3, -0.25) is 4.98 Å². The molecule has 2 N–H and O–H groups in total. The first-order valence-electron chi connectivity index (χ1n) is 25.2. The minimum absolute atomic E-state index is 0.0367. The van der Waals surface area contributed by atoms with Crippen LogP contribution in [-0.4, -0.2) is 70.2 Å². The number of hydrogen-bond donors (Lipinski definition) is 2. The maximum Gasteiger partial charge on any atom is 0.0707 e. The maximum atomic E-state index is 4.96. The number of nitrogens with zero attached hydrogens (tertiary/aromatic N) is 5. The molecule has 1 saturated heterocycles. The fourth-order valence-electron chi connectivity index (χ4n) is 11.0. The van der Waals surface area contributed by atoms with Gasteiger partial charge >= 0.3 is 0 Å². The summed E-state index contributed by atoms with van der Waals surface area (Å²) in [6.07, 6.45) is 15.2. The number of likely N-dealkylation sites (N-methyl/N-ethyl adjacent to an activating group) is 2. The Labute approximate surface area is 400 Å². The average Bonchev–Trinajstić information content (AvgIpc) is 3.94. The van der Waals surface area contributed by atoms with Crippen LogP contribution in [0.5, 0.6) is 0 Å². The van der Waals surface area contributed by atoms with Gasteiger partial charge in [-0.15, -0.1) is 6.58 Å². The molecule has 1 saturated carbocycles. The number of aromatic nitrogens is 2. The Morgan fingerprint density at radius 2 is 1.71 bits per heavy atom. The molecule has 1 aliphatic heterocycles. The fourth-order valence-corrected chi connectivity index (χ4v) is 11.0. The zero-order chi connectivity index (χ0) is 47.9. The van der Waals surface area contributed by atoms with Crippen LogP contribution in [0.1, 0.15) is 128 Å². The monoisotopic (exact) mass is 892 g/mol. The smallest absolute Gasteiger partial charge is 0.0707 e. The molecule has 0 amide bonds. The van der Waals surface area contributed by atoms with Crippen molar-refractivity contribution in [3.05, 3.63) is 139 Å². The Bertz CT molecular complexity index is 2350. The van der Waals surface area contributed by atoms with Gasteiger partial charge in [0, 0.05) is 79.2 Å². The summed E-state index contributed by atoms with van der Waals surface area (Å²) in [5, 5.41) is 7.59. The van der Waals surface area contributed by atoms with Gasteiger partial charge in [0.05, 0.1) is 30.0 Å². The van der Waals surface area contributed by atoms with Crippen molar-refractivity contribution >= 4 is 10.9 Å². The van der Waals surface area contributed by atoms with Crippen molar-refractivity contribution in [1.82, 2.24) is 35.1 Å². The second-order valence-corrected chi connectivity index (χ2v) is 21.1. The third-order valence-corrected chi connectivity index (χ3v) is 14.6. The molecule has 66 heavy (non-hydrogen) atoms. The van der Waals surface area contributed by atoms with Crippen LogP contribution < -0.4 is 10.7 Å². The zero-order valence-electron chi connectivity index (χ0n) is 42.8. The molecular weight excluding hydrogens is 807 g/mol. The molecule has 1 aliphatic carbocycles. The molecule has 2 unspecified atom stereocenters. The number of hydrazine groups is 1. The molecule has 0 spiro atoms. The third kappa shape index (κ3) is 11.7. The number of nitrogens with one attached hydrogen (secondary N) is 2. The second-order valence-electron chi connectivity index (χ2n) is 21.1. The summed E-state index contributed by atoms with van der Waals surface area (Å²) in [5.41, 5.74) is 19.5. The number of benzene rings is 2. The molecule has 3 heterocycles. The number of allylic oxidation sites excluding steroid dienone is 2. The van der Waals surface area contributed by atoms with Crippen LogP contribution in [0, 0.1) is 24.2 Å². The van der Waals surface area contributed by atoms with Crippen LogP contribution in [0.15, 0.2) is 116 Å². The lowest BCUT2D eigenvalue weighted by Crippen LogP contribution is -2.50. The Hall–Kier alpha value is -5.01. The largest absolute Gasteiger partial charge is 0.378 e. The predicted molar refractivity (Wildman–Crippen MR) is 284 cm³/mol. The second kappa shape index (κ2) is 22.2. The summed E-state index contributed by atoms with van der Waals surface area (Å²) in [4.78, 5) is 9.61. The van der Waals surface area contributed by atoms with Crippen molar-refractivity contribution < 1.29 is 0 Å². The molecule has 6 rings (SSSR count). The lowest BCUT2D eigenvalue weighted by molar-refractivity contribution is 0.185. The lowest BCUT2D eigenvalue weighted by atomic mass is 9.80. The van der Waals surface area contributed by atoms with E-state index in [-0.39, 0.29) is 17.5 Å². The summed E-state index contributed by atoms with van der Waals surface area (Å²) in [5.74, 6) is 1.19. The van der Waals surface area contributed by atoms with Gasteiger partial charge in [0.15, 0.2) is 0 Å². The van der Waals surface area contributed by atoms with Crippen LogP contribution in [-0.2, 0) is 19.4 Å². The third-order valence-electron chi connectivity index (χ3n) is 14.6. The average molecular weight is 892 g/mol. The Balaban J connectivity index is 1.35. The predicted octanol–water partition coefficient (Wildman–Crippen LogP) is 13.6. The van der Waals surface area contributed by atoms with Crippen LogP contribution >= 0.6 is 0 Å². The minimum Gasteiger partial charge on any atom is -0.378 e. The SMILES string of the molecule is C=CCCC(C)(C)Cc1c(-c2cccnc2C(C)C)n(CC)c2ccc(-c3cc(C)cc(CC(NC(=C)C(C(C)C)N(C)C(=C)CN(C)C(=C)C4CCCC4)C(=C)N4CCCCN4)c3)cc12. The molecule has 2 fully saturated rings. The van der Waals surface area contributed by atoms with Gasteiger partial charge in [-0.25, -0.2) is 5.43 Å². The number of pyridine rings is 1. The molecule has 356 valence electrons. The summed E-state index contributed by atoms with van der Waals surface area (Å²) in [6.45, 7) is 44.7. The Kier molecular flexibility index (Phi) is 16.9. The van der Waals surface area contributed by atoms with E-state index in [9.17, 15) is 0 Å². The number of fused-ring (bicyclic) bond motifs is 1. The highest BCUT2D eigenvalue weighted by molar-refractivity contribution is 5.95. The first kappa shape index (κ1) is 50.4. The standard InChI is InChI=1S/C59H85N7/c1-16-18-29-59(12,13)38-53-52-37-49(27-28-55(52)65(17-2)58(53)51-26-23-30-60-56(51)40(3)4)50-34-42(7)33-47(35-50)36-54(46(11)66-32-22-21-31-61-66)62-44(9)57(41(5)6)64(15)43(8)39-63(14)45(10)48-24-19-20-25-48/h16,23,26-28,30,33-35,37,40-41,48,54,57,61-62H,1,8-11,17-22,24-25,29,31-32,36,38-39H2,2-7,12-15H3. The highest BCUT2D eigenvalue weighted by Gasteiger charge is 2.30. The van der Waals surface area contributed by atoms with Crippen LogP contribution in [0.2, 0.25) is 0 Å². The number of aryl methyl sites for hydroxylation is 2. The Morgan fingerprint density at radius 1 is 0.970 bits per heavy atom. The molecule has 2 aromatic heterocycles. The minimum atomic E-state index is -0.0758. The van der Waals surface area contributed by atoms with E-state index in [4.69, 9.17) is 18.1 Å². The van der Waals surface area contributed by atoms with Crippen molar-refractivity contribution in [3.8, 4) is 22.4 Å². The quantitative estimate of drug-likeness (QED) is 0.0724. The van der Waals surface area contributed by atoms with E-state index >= 15 is 0 Å². The van der Waals surface area contributed by atoms with Gasteiger partial charge in [-0.2, -0.15) is 0 Å². The Morgan fingerprint density at radius 3 is 2.36 bits per heavy atom. The van der Waals surface area contributed by atoms with E-state index < -0.39 is 0 Å². The molecule has 2 aliphatic rings. The van der Waals surface area contributed by atoms with Crippen molar-refractivity contribution in [2.75, 3.05) is 33.7 Å². The first-order valence-corrected chi connectivity index (χ1v) is 25.2. The summed E-state index contributed by atoms with van der Waals surface area (Å²) < 4.78 is 2.54. The topological polar surface area (TPSA) is 51.6 Å². The fraction of sp³-hybridized carbons (Fsp3) is 0.508. The molecule has 0 radical (unpaired) electrons. The van der Waals surface area contributed by atoms with E-state index in [1.807, 2.05) is 6.20 Å². The maximum absolute atomic E-state index is 4.96. The summed E-state index contributed by atoms with van der Waals surface area (Å²) >= 11 is 0. The van der Waals surface area contributed by atoms with Crippen molar-refractivity contribution in [2.24, 2.45) is 17.3 Å². The van der Waals surface area contributed by atoms with Crippen molar-refractivity contribution in [3.63, 3.8) is 0 Å². The highest BCUT2D eigenvalue weighted by atomic mass is 15.5. The molecular formula is C59H85N7. The molecule has 7 heteroatoms. The van der Waals surface area contributed by atoms with Gasteiger partial charge in [-0.1, -0.05) is 117 Å². The molecule has 2 aromatic carbocycles. The normalized spacial score (nSPS) is 15.6. The van der Waals surface area contributed by atoms with Crippen molar-refractivity contribution in [1.29, 1.82) is 0 Å². The van der Waals surface area contributed by atoms with Gasteiger partial charge in [-0.05, 0) is 135 Å². The molecule has 0 bridgehead atoms. The van der Waals surface area contributed by atoms with Crippen LogP contribution in [0.4, 0.5) is 0 Å². The lowest BCUT2D eigenvalue weighted by Gasteiger charge is -2.41. The molecule has 4 aromatic rings.